The topological polar surface area (TPSA) is 26.0 Å². The van der Waals surface area contributed by atoms with Gasteiger partial charge in [-0.15, -0.1) is 0 Å². The van der Waals surface area contributed by atoms with Gasteiger partial charge in [0.2, 0.25) is 0 Å². The van der Waals surface area contributed by atoms with E-state index in [1.807, 2.05) is 25.1 Å². The van der Waals surface area contributed by atoms with Gasteiger partial charge in [-0.25, -0.2) is 4.39 Å². The molecule has 4 heteroatoms. The molecular formula is C15H14Cl2FN. The Kier molecular flexibility index (Phi) is 4.46. The van der Waals surface area contributed by atoms with Crippen LogP contribution in [0, 0.1) is 12.7 Å². The minimum Gasteiger partial charge on any atom is -0.324 e. The second-order valence-corrected chi connectivity index (χ2v) is 5.31. The van der Waals surface area contributed by atoms with E-state index in [0.717, 1.165) is 16.7 Å². The molecule has 0 amide bonds. The first-order valence-electron chi connectivity index (χ1n) is 5.93. The molecule has 0 heterocycles. The van der Waals surface area contributed by atoms with Gasteiger partial charge in [0.15, 0.2) is 0 Å². The number of halogens is 3. The van der Waals surface area contributed by atoms with Crippen LogP contribution in [-0.2, 0) is 6.42 Å². The zero-order valence-corrected chi connectivity index (χ0v) is 12.0. The lowest BCUT2D eigenvalue weighted by molar-refractivity contribution is 0.625. The summed E-state index contributed by atoms with van der Waals surface area (Å²) in [6.45, 7) is 1.93. The zero-order chi connectivity index (χ0) is 14.0. The number of hydrogen-bond acceptors (Lipinski definition) is 1. The van der Waals surface area contributed by atoms with Crippen LogP contribution in [0.5, 0.6) is 0 Å². The molecule has 1 nitrogen and oxygen atoms in total. The second kappa shape index (κ2) is 5.91. The first-order chi connectivity index (χ1) is 8.99. The quantitative estimate of drug-likeness (QED) is 0.874. The van der Waals surface area contributed by atoms with E-state index in [-0.39, 0.29) is 11.9 Å². The molecule has 0 aliphatic heterocycles. The Balaban J connectivity index is 2.25. The van der Waals surface area contributed by atoms with E-state index in [1.165, 1.54) is 12.1 Å². The van der Waals surface area contributed by atoms with Crippen molar-refractivity contribution in [3.63, 3.8) is 0 Å². The van der Waals surface area contributed by atoms with Gasteiger partial charge in [-0.3, -0.25) is 0 Å². The fourth-order valence-electron chi connectivity index (χ4n) is 1.99. The molecule has 2 aromatic carbocycles. The van der Waals surface area contributed by atoms with E-state index >= 15 is 0 Å². The summed E-state index contributed by atoms with van der Waals surface area (Å²) in [4.78, 5) is 0. The zero-order valence-electron chi connectivity index (χ0n) is 10.5. The van der Waals surface area contributed by atoms with Crippen molar-refractivity contribution in [2.75, 3.05) is 0 Å². The van der Waals surface area contributed by atoms with Crippen LogP contribution in [0.1, 0.15) is 22.7 Å². The fraction of sp³-hybridized carbons (Fsp3) is 0.200. The van der Waals surface area contributed by atoms with E-state index in [0.29, 0.717) is 16.5 Å². The van der Waals surface area contributed by atoms with Crippen LogP contribution >= 0.6 is 23.2 Å². The lowest BCUT2D eigenvalue weighted by atomic mass is 9.98. The Morgan fingerprint density at radius 2 is 1.95 bits per heavy atom. The van der Waals surface area contributed by atoms with Crippen molar-refractivity contribution in [1.82, 2.24) is 0 Å². The maximum Gasteiger partial charge on any atom is 0.124 e. The number of rotatable bonds is 3. The van der Waals surface area contributed by atoms with Crippen LogP contribution in [0.15, 0.2) is 36.4 Å². The van der Waals surface area contributed by atoms with Crippen molar-refractivity contribution in [1.29, 1.82) is 0 Å². The van der Waals surface area contributed by atoms with E-state index in [9.17, 15) is 4.39 Å². The minimum atomic E-state index is -0.351. The molecule has 0 aliphatic rings. The van der Waals surface area contributed by atoms with Crippen molar-refractivity contribution in [2.24, 2.45) is 5.73 Å². The van der Waals surface area contributed by atoms with Crippen LogP contribution in [0.3, 0.4) is 0 Å². The van der Waals surface area contributed by atoms with E-state index in [1.54, 1.807) is 6.07 Å². The fourth-order valence-corrected chi connectivity index (χ4v) is 2.50. The molecule has 2 rings (SSSR count). The summed E-state index contributed by atoms with van der Waals surface area (Å²) in [5.41, 5.74) is 8.84. The van der Waals surface area contributed by atoms with Gasteiger partial charge >= 0.3 is 0 Å². The predicted molar refractivity (Wildman–Crippen MR) is 78.2 cm³/mol. The number of benzene rings is 2. The van der Waals surface area contributed by atoms with Gasteiger partial charge in [0.25, 0.3) is 0 Å². The number of hydrogen-bond donors (Lipinski definition) is 1. The molecule has 1 atom stereocenters. The van der Waals surface area contributed by atoms with Crippen molar-refractivity contribution in [3.05, 3.63) is 69.0 Å². The smallest absolute Gasteiger partial charge is 0.124 e. The van der Waals surface area contributed by atoms with Gasteiger partial charge in [-0.05, 0) is 42.2 Å². The Morgan fingerprint density at radius 3 is 2.63 bits per heavy atom. The SMILES string of the molecule is Cc1cccc(C(N)Cc2ccc(F)cc2Cl)c1Cl. The summed E-state index contributed by atoms with van der Waals surface area (Å²) in [5.74, 6) is -0.351. The third-order valence-corrected chi connectivity index (χ3v) is 3.94. The van der Waals surface area contributed by atoms with Crippen molar-refractivity contribution < 1.29 is 4.39 Å². The maximum absolute atomic E-state index is 13.0. The molecule has 100 valence electrons. The highest BCUT2D eigenvalue weighted by molar-refractivity contribution is 6.32. The van der Waals surface area contributed by atoms with E-state index < -0.39 is 0 Å². The molecule has 0 fully saturated rings. The average Bonchev–Trinajstić information content (AvgIpc) is 2.36. The van der Waals surface area contributed by atoms with E-state index in [2.05, 4.69) is 0 Å². The minimum absolute atomic E-state index is 0.268. The number of aryl methyl sites for hydroxylation is 1. The molecule has 1 unspecified atom stereocenters. The van der Waals surface area contributed by atoms with Gasteiger partial charge in [0.1, 0.15) is 5.82 Å². The first kappa shape index (κ1) is 14.3. The van der Waals surface area contributed by atoms with Gasteiger partial charge in [0.05, 0.1) is 0 Å². The third kappa shape index (κ3) is 3.27. The summed E-state index contributed by atoms with van der Waals surface area (Å²) in [6.07, 6.45) is 0.516. The van der Waals surface area contributed by atoms with Gasteiger partial charge in [0, 0.05) is 16.1 Å². The first-order valence-corrected chi connectivity index (χ1v) is 6.69. The van der Waals surface area contributed by atoms with Gasteiger partial charge < -0.3 is 5.73 Å². The Labute approximate surface area is 122 Å². The van der Waals surface area contributed by atoms with Gasteiger partial charge in [-0.2, -0.15) is 0 Å². The van der Waals surface area contributed by atoms with Crippen LogP contribution in [0.25, 0.3) is 0 Å². The average molecular weight is 298 g/mol. The van der Waals surface area contributed by atoms with Gasteiger partial charge in [-0.1, -0.05) is 47.5 Å². The monoisotopic (exact) mass is 297 g/mol. The largest absolute Gasteiger partial charge is 0.324 e. The third-order valence-electron chi connectivity index (χ3n) is 3.08. The molecule has 0 aliphatic carbocycles. The van der Waals surface area contributed by atoms with Crippen molar-refractivity contribution >= 4 is 23.2 Å². The predicted octanol–water partition coefficient (Wildman–Crippen LogP) is 4.68. The summed E-state index contributed by atoms with van der Waals surface area (Å²) < 4.78 is 13.0. The van der Waals surface area contributed by atoms with Crippen LogP contribution in [-0.4, -0.2) is 0 Å². The molecule has 0 aromatic heterocycles. The molecule has 2 N–H and O–H groups in total. The summed E-state index contributed by atoms with van der Waals surface area (Å²) in [7, 11) is 0. The summed E-state index contributed by atoms with van der Waals surface area (Å²) in [6, 6.07) is 9.81. The standard InChI is InChI=1S/C15H14Cl2FN/c1-9-3-2-4-12(15(9)17)14(19)7-10-5-6-11(18)8-13(10)16/h2-6,8,14H,7,19H2,1H3. The Hall–Kier alpha value is -1.09. The lowest BCUT2D eigenvalue weighted by Gasteiger charge is -2.16. The molecular weight excluding hydrogens is 284 g/mol. The van der Waals surface area contributed by atoms with Crippen LogP contribution in [0.2, 0.25) is 10.0 Å². The van der Waals surface area contributed by atoms with Crippen molar-refractivity contribution in [3.8, 4) is 0 Å². The molecule has 0 spiro atoms. The summed E-state index contributed by atoms with van der Waals surface area (Å²) >= 11 is 12.2. The molecule has 0 bridgehead atoms. The van der Waals surface area contributed by atoms with E-state index in [4.69, 9.17) is 28.9 Å². The normalized spacial score (nSPS) is 12.5. The maximum atomic E-state index is 13.0. The highest BCUT2D eigenvalue weighted by Gasteiger charge is 2.14. The Morgan fingerprint density at radius 1 is 1.21 bits per heavy atom. The van der Waals surface area contributed by atoms with Crippen LogP contribution in [0.4, 0.5) is 4.39 Å². The van der Waals surface area contributed by atoms with Crippen LogP contribution < -0.4 is 5.73 Å². The second-order valence-electron chi connectivity index (χ2n) is 4.52. The lowest BCUT2D eigenvalue weighted by Crippen LogP contribution is -2.14. The molecule has 2 aromatic rings. The van der Waals surface area contributed by atoms with Crippen molar-refractivity contribution in [2.45, 2.75) is 19.4 Å². The highest BCUT2D eigenvalue weighted by Crippen LogP contribution is 2.28. The Bertz CT molecular complexity index is 599. The summed E-state index contributed by atoms with van der Waals surface area (Å²) in [5, 5.41) is 1.06. The number of nitrogens with two attached hydrogens (primary N) is 1. The highest BCUT2D eigenvalue weighted by atomic mass is 35.5. The molecule has 19 heavy (non-hydrogen) atoms. The molecule has 0 saturated heterocycles. The molecule has 0 radical (unpaired) electrons. The molecule has 0 saturated carbocycles.